The molecule has 7 heteroatoms. The van der Waals surface area contributed by atoms with Gasteiger partial charge in [-0.1, -0.05) is 0 Å². The normalized spacial score (nSPS) is 21.9. The van der Waals surface area contributed by atoms with Crippen molar-refractivity contribution in [2.75, 3.05) is 0 Å². The number of nitrogens with one attached hydrogen (secondary N) is 2. The van der Waals surface area contributed by atoms with Crippen molar-refractivity contribution in [1.29, 1.82) is 0 Å². The average molecular weight is 304 g/mol. The standard InChI is InChI=1S/C15H20N4O3/c1-19-9-11(7-17-19)14(10-5-12(20)6-10)18-15(21)16-8-13-3-2-4-22-13/h2-4,7,9-10,12,14,20H,5-6,8H2,1H3,(H2,16,18,21)/t10?,12?,14-/m1/s1. The first-order valence-corrected chi connectivity index (χ1v) is 7.35. The van der Waals surface area contributed by atoms with Crippen molar-refractivity contribution >= 4 is 6.03 Å². The highest BCUT2D eigenvalue weighted by molar-refractivity contribution is 5.74. The number of rotatable bonds is 5. The van der Waals surface area contributed by atoms with Gasteiger partial charge in [0.25, 0.3) is 0 Å². The largest absolute Gasteiger partial charge is 0.467 e. The van der Waals surface area contributed by atoms with Crippen LogP contribution in [0.25, 0.3) is 0 Å². The summed E-state index contributed by atoms with van der Waals surface area (Å²) in [6.45, 7) is 0.339. The van der Waals surface area contributed by atoms with E-state index < -0.39 is 0 Å². The van der Waals surface area contributed by atoms with Gasteiger partial charge in [0.2, 0.25) is 0 Å². The summed E-state index contributed by atoms with van der Waals surface area (Å²) >= 11 is 0. The van der Waals surface area contributed by atoms with E-state index in [9.17, 15) is 9.90 Å². The number of amides is 2. The fraction of sp³-hybridized carbons (Fsp3) is 0.467. The number of carbonyl (C=O) groups excluding carboxylic acids is 1. The van der Waals surface area contributed by atoms with Crippen molar-refractivity contribution in [2.45, 2.75) is 31.5 Å². The third-order valence-electron chi connectivity index (χ3n) is 3.99. The lowest BCUT2D eigenvalue weighted by Gasteiger charge is -2.37. The Kier molecular flexibility index (Phi) is 4.15. The summed E-state index contributed by atoms with van der Waals surface area (Å²) in [5, 5.41) is 19.4. The van der Waals surface area contributed by atoms with Gasteiger partial charge in [-0.25, -0.2) is 4.79 Å². The summed E-state index contributed by atoms with van der Waals surface area (Å²) in [6, 6.07) is 3.19. The molecule has 2 aromatic heterocycles. The number of aliphatic hydroxyl groups is 1. The minimum Gasteiger partial charge on any atom is -0.467 e. The molecule has 1 fully saturated rings. The van der Waals surface area contributed by atoms with Crippen LogP contribution < -0.4 is 10.6 Å². The molecule has 22 heavy (non-hydrogen) atoms. The van der Waals surface area contributed by atoms with Crippen LogP contribution in [0.4, 0.5) is 4.79 Å². The number of furan rings is 1. The minimum atomic E-state index is -0.267. The third-order valence-corrected chi connectivity index (χ3v) is 3.99. The molecule has 7 nitrogen and oxygen atoms in total. The van der Waals surface area contributed by atoms with Crippen molar-refractivity contribution in [3.05, 3.63) is 42.1 Å². The summed E-state index contributed by atoms with van der Waals surface area (Å²) in [5.74, 6) is 0.931. The fourth-order valence-electron chi connectivity index (χ4n) is 2.75. The maximum atomic E-state index is 12.1. The molecule has 0 spiro atoms. The maximum Gasteiger partial charge on any atom is 0.315 e. The second kappa shape index (κ2) is 6.23. The predicted octanol–water partition coefficient (Wildman–Crippen LogP) is 1.32. The molecule has 1 aliphatic rings. The van der Waals surface area contributed by atoms with E-state index >= 15 is 0 Å². The van der Waals surface area contributed by atoms with E-state index in [1.54, 1.807) is 29.3 Å². The number of hydrogen-bond donors (Lipinski definition) is 3. The van der Waals surface area contributed by atoms with Crippen molar-refractivity contribution in [3.8, 4) is 0 Å². The molecule has 3 rings (SSSR count). The van der Waals surface area contributed by atoms with E-state index in [4.69, 9.17) is 4.42 Å². The third kappa shape index (κ3) is 3.30. The van der Waals surface area contributed by atoms with Gasteiger partial charge in [0.05, 0.1) is 31.2 Å². The lowest BCUT2D eigenvalue weighted by molar-refractivity contribution is 0.0259. The average Bonchev–Trinajstić information content (AvgIpc) is 3.11. The molecule has 2 heterocycles. The van der Waals surface area contributed by atoms with Gasteiger partial charge in [0.15, 0.2) is 0 Å². The van der Waals surface area contributed by atoms with E-state index in [0.717, 1.165) is 5.56 Å². The van der Waals surface area contributed by atoms with E-state index in [0.29, 0.717) is 25.1 Å². The van der Waals surface area contributed by atoms with Crippen molar-refractivity contribution < 1.29 is 14.3 Å². The highest BCUT2D eigenvalue weighted by Gasteiger charge is 2.36. The highest BCUT2D eigenvalue weighted by Crippen LogP contribution is 2.37. The smallest absolute Gasteiger partial charge is 0.315 e. The fourth-order valence-corrected chi connectivity index (χ4v) is 2.75. The predicted molar refractivity (Wildman–Crippen MR) is 78.8 cm³/mol. The van der Waals surface area contributed by atoms with Gasteiger partial charge in [-0.05, 0) is 30.9 Å². The first kappa shape index (κ1) is 14.6. The highest BCUT2D eigenvalue weighted by atomic mass is 16.3. The molecule has 0 aliphatic heterocycles. The Morgan fingerprint density at radius 3 is 3.00 bits per heavy atom. The summed E-state index contributed by atoms with van der Waals surface area (Å²) in [5.41, 5.74) is 0.951. The van der Waals surface area contributed by atoms with Gasteiger partial charge in [-0.3, -0.25) is 4.68 Å². The molecule has 1 saturated carbocycles. The SMILES string of the molecule is Cn1cc([C@H](NC(=O)NCc2ccco2)C2CC(O)C2)cn1. The first-order chi connectivity index (χ1) is 10.6. The van der Waals surface area contributed by atoms with Crippen LogP contribution in [0.1, 0.15) is 30.2 Å². The number of aryl methyl sites for hydroxylation is 1. The molecule has 1 aliphatic carbocycles. The molecule has 0 radical (unpaired) electrons. The zero-order valence-corrected chi connectivity index (χ0v) is 12.4. The Labute approximate surface area is 128 Å². The van der Waals surface area contributed by atoms with E-state index in [1.165, 1.54) is 0 Å². The van der Waals surface area contributed by atoms with Gasteiger partial charge in [-0.15, -0.1) is 0 Å². The summed E-state index contributed by atoms with van der Waals surface area (Å²) in [6.07, 6.45) is 6.33. The number of hydrogen-bond acceptors (Lipinski definition) is 4. The Balaban J connectivity index is 1.61. The Bertz CT molecular complexity index is 617. The summed E-state index contributed by atoms with van der Waals surface area (Å²) in [7, 11) is 1.84. The Hall–Kier alpha value is -2.28. The molecule has 2 amide bonds. The molecule has 1 atom stereocenters. The van der Waals surface area contributed by atoms with Crippen molar-refractivity contribution in [2.24, 2.45) is 13.0 Å². The minimum absolute atomic E-state index is 0.145. The lowest BCUT2D eigenvalue weighted by Crippen LogP contribution is -2.44. The van der Waals surface area contributed by atoms with Crippen LogP contribution in [0.15, 0.2) is 35.2 Å². The second-order valence-corrected chi connectivity index (χ2v) is 5.72. The number of carbonyl (C=O) groups is 1. The number of nitrogens with zero attached hydrogens (tertiary/aromatic N) is 2. The molecule has 3 N–H and O–H groups in total. The van der Waals surface area contributed by atoms with Crippen LogP contribution in [0.5, 0.6) is 0 Å². The molecular weight excluding hydrogens is 284 g/mol. The monoisotopic (exact) mass is 304 g/mol. The molecule has 0 bridgehead atoms. The van der Waals surface area contributed by atoms with Gasteiger partial charge in [-0.2, -0.15) is 5.10 Å². The molecule has 0 aromatic carbocycles. The first-order valence-electron chi connectivity index (χ1n) is 7.35. The van der Waals surface area contributed by atoms with E-state index in [2.05, 4.69) is 15.7 Å². The van der Waals surface area contributed by atoms with Crippen LogP contribution in [0.3, 0.4) is 0 Å². The number of aromatic nitrogens is 2. The molecule has 0 unspecified atom stereocenters. The van der Waals surface area contributed by atoms with Gasteiger partial charge in [0.1, 0.15) is 5.76 Å². The molecule has 118 valence electrons. The van der Waals surface area contributed by atoms with Crippen LogP contribution >= 0.6 is 0 Å². The molecule has 2 aromatic rings. The van der Waals surface area contributed by atoms with Crippen LogP contribution in [-0.4, -0.2) is 27.0 Å². The topological polar surface area (TPSA) is 92.3 Å². The zero-order chi connectivity index (χ0) is 15.5. The van der Waals surface area contributed by atoms with Gasteiger partial charge < -0.3 is 20.2 Å². The summed E-state index contributed by atoms with van der Waals surface area (Å²) in [4.78, 5) is 12.1. The number of urea groups is 1. The Morgan fingerprint density at radius 2 is 2.41 bits per heavy atom. The quantitative estimate of drug-likeness (QED) is 0.777. The molecule has 0 saturated heterocycles. The Morgan fingerprint density at radius 1 is 1.59 bits per heavy atom. The van der Waals surface area contributed by atoms with E-state index in [1.807, 2.05) is 13.2 Å². The van der Waals surface area contributed by atoms with Crippen molar-refractivity contribution in [3.63, 3.8) is 0 Å². The molecular formula is C15H20N4O3. The van der Waals surface area contributed by atoms with Crippen LogP contribution in [-0.2, 0) is 13.6 Å². The zero-order valence-electron chi connectivity index (χ0n) is 12.4. The lowest BCUT2D eigenvalue weighted by atomic mass is 9.75. The van der Waals surface area contributed by atoms with Crippen molar-refractivity contribution in [1.82, 2.24) is 20.4 Å². The van der Waals surface area contributed by atoms with E-state index in [-0.39, 0.29) is 24.1 Å². The van der Waals surface area contributed by atoms with Crippen LogP contribution in [0, 0.1) is 5.92 Å². The number of aliphatic hydroxyl groups excluding tert-OH is 1. The van der Waals surface area contributed by atoms with Crippen LogP contribution in [0.2, 0.25) is 0 Å². The maximum absolute atomic E-state index is 12.1. The van der Waals surface area contributed by atoms with Gasteiger partial charge >= 0.3 is 6.03 Å². The summed E-state index contributed by atoms with van der Waals surface area (Å²) < 4.78 is 6.89. The van der Waals surface area contributed by atoms with Gasteiger partial charge in [0, 0.05) is 18.8 Å². The second-order valence-electron chi connectivity index (χ2n) is 5.72.